The zero-order valence-corrected chi connectivity index (χ0v) is 20.0. The number of carbonyl (C=O) groups is 1. The number of halogens is 1. The first-order valence-corrected chi connectivity index (χ1v) is 11.4. The Morgan fingerprint density at radius 3 is 2.56 bits per heavy atom. The van der Waals surface area contributed by atoms with Gasteiger partial charge in [-0.25, -0.2) is 19.2 Å². The highest BCUT2D eigenvalue weighted by atomic mass is 19.1. The third-order valence-corrected chi connectivity index (χ3v) is 6.26. The first kappa shape index (κ1) is 23.2. The maximum atomic E-state index is 14.5. The second-order valence-corrected chi connectivity index (χ2v) is 8.63. The zero-order valence-electron chi connectivity index (χ0n) is 20.0. The van der Waals surface area contributed by atoms with Crippen molar-refractivity contribution < 1.29 is 18.8 Å². The van der Waals surface area contributed by atoms with Crippen LogP contribution >= 0.6 is 0 Å². The molecule has 0 aliphatic rings. The molecule has 0 saturated carbocycles. The van der Waals surface area contributed by atoms with Crippen molar-refractivity contribution >= 4 is 22.7 Å². The average Bonchev–Trinajstić information content (AvgIpc) is 3.42. The number of nitrogens with one attached hydrogen (secondary N) is 1. The van der Waals surface area contributed by atoms with Crippen molar-refractivity contribution in [2.75, 3.05) is 11.9 Å². The monoisotopic (exact) mass is 485 g/mol. The number of hydrogen-bond acceptors (Lipinski definition) is 6. The molecule has 0 unspecified atom stereocenters. The lowest BCUT2D eigenvalue weighted by molar-refractivity contribution is 0.0696. The van der Waals surface area contributed by atoms with E-state index in [0.717, 1.165) is 22.2 Å². The second kappa shape index (κ2) is 9.26. The summed E-state index contributed by atoms with van der Waals surface area (Å²) in [5, 5.41) is 17.4. The Morgan fingerprint density at radius 1 is 1.06 bits per heavy atom. The fourth-order valence-electron chi connectivity index (χ4n) is 4.41. The fourth-order valence-corrected chi connectivity index (χ4v) is 4.41. The summed E-state index contributed by atoms with van der Waals surface area (Å²) in [5.41, 5.74) is 5.19. The Labute approximate surface area is 206 Å². The molecule has 3 heterocycles. The summed E-state index contributed by atoms with van der Waals surface area (Å²) < 4.78 is 21.7. The van der Waals surface area contributed by atoms with Crippen LogP contribution in [0.5, 0.6) is 0 Å². The van der Waals surface area contributed by atoms with Gasteiger partial charge in [-0.3, -0.25) is 0 Å². The van der Waals surface area contributed by atoms with Crippen LogP contribution in [0.1, 0.15) is 27.3 Å². The van der Waals surface area contributed by atoms with Gasteiger partial charge in [0.1, 0.15) is 23.5 Å². The SMILES string of the molecule is Cc1noc(-c2ccc(-c3cc(NCCn4c(C)cc5c(C)ccc(F)c54)ncn3)cc2)c1C(=O)O. The molecule has 9 heteroatoms. The summed E-state index contributed by atoms with van der Waals surface area (Å²) in [5.74, 6) is -0.447. The average molecular weight is 486 g/mol. The minimum absolute atomic E-state index is 0.0528. The van der Waals surface area contributed by atoms with E-state index >= 15 is 0 Å². The molecule has 8 nitrogen and oxygen atoms in total. The highest BCUT2D eigenvalue weighted by Gasteiger charge is 2.21. The van der Waals surface area contributed by atoms with E-state index in [1.807, 2.05) is 42.7 Å². The number of fused-ring (bicyclic) bond motifs is 1. The van der Waals surface area contributed by atoms with Crippen LogP contribution in [-0.2, 0) is 6.54 Å². The molecule has 0 saturated heterocycles. The third kappa shape index (κ3) is 4.19. The van der Waals surface area contributed by atoms with Crippen molar-refractivity contribution in [1.29, 1.82) is 0 Å². The predicted molar refractivity (Wildman–Crippen MR) is 135 cm³/mol. The van der Waals surface area contributed by atoms with Crippen LogP contribution in [0.25, 0.3) is 33.5 Å². The third-order valence-electron chi connectivity index (χ3n) is 6.26. The Morgan fingerprint density at radius 2 is 1.81 bits per heavy atom. The van der Waals surface area contributed by atoms with Crippen LogP contribution in [0.15, 0.2) is 59.4 Å². The highest BCUT2D eigenvalue weighted by Crippen LogP contribution is 2.29. The van der Waals surface area contributed by atoms with E-state index in [1.54, 1.807) is 25.1 Å². The first-order chi connectivity index (χ1) is 17.3. The van der Waals surface area contributed by atoms with Crippen LogP contribution in [0, 0.1) is 26.6 Å². The number of benzene rings is 2. The Bertz CT molecular complexity index is 1590. The van der Waals surface area contributed by atoms with Crippen molar-refractivity contribution in [3.63, 3.8) is 0 Å². The normalized spacial score (nSPS) is 11.2. The minimum Gasteiger partial charge on any atom is -0.477 e. The number of aromatic carboxylic acids is 1. The topological polar surface area (TPSA) is 106 Å². The van der Waals surface area contributed by atoms with Crippen molar-refractivity contribution in [2.45, 2.75) is 27.3 Å². The Hall–Kier alpha value is -4.53. The Kier molecular flexibility index (Phi) is 5.97. The largest absolute Gasteiger partial charge is 0.477 e. The van der Waals surface area contributed by atoms with E-state index < -0.39 is 5.97 Å². The lowest BCUT2D eigenvalue weighted by atomic mass is 10.0. The quantitative estimate of drug-likeness (QED) is 0.308. The molecular formula is C27H24FN5O3. The number of aryl methyl sites for hydroxylation is 3. The molecule has 2 N–H and O–H groups in total. The molecule has 0 aliphatic carbocycles. The van der Waals surface area contributed by atoms with Gasteiger partial charge in [0.05, 0.1) is 16.9 Å². The van der Waals surface area contributed by atoms with Crippen LogP contribution in [0.2, 0.25) is 0 Å². The van der Waals surface area contributed by atoms with Crippen molar-refractivity contribution in [3.8, 4) is 22.6 Å². The van der Waals surface area contributed by atoms with E-state index in [2.05, 4.69) is 20.4 Å². The second-order valence-electron chi connectivity index (χ2n) is 8.63. The van der Waals surface area contributed by atoms with Crippen LogP contribution in [0.3, 0.4) is 0 Å². The number of carboxylic acid groups (broad SMARTS) is 1. The van der Waals surface area contributed by atoms with Gasteiger partial charge in [-0.1, -0.05) is 35.5 Å². The fraction of sp³-hybridized carbons (Fsp3) is 0.185. The molecule has 3 aromatic heterocycles. The van der Waals surface area contributed by atoms with E-state index in [4.69, 9.17) is 4.52 Å². The summed E-state index contributed by atoms with van der Waals surface area (Å²) in [7, 11) is 0. The van der Waals surface area contributed by atoms with Crippen molar-refractivity contribution in [1.82, 2.24) is 19.7 Å². The van der Waals surface area contributed by atoms with Gasteiger partial charge >= 0.3 is 5.97 Å². The smallest absolute Gasteiger partial charge is 0.341 e. The van der Waals surface area contributed by atoms with Crippen molar-refractivity contribution in [3.05, 3.63) is 83.2 Å². The van der Waals surface area contributed by atoms with Gasteiger partial charge in [0, 0.05) is 41.4 Å². The van der Waals surface area contributed by atoms with Gasteiger partial charge in [0.2, 0.25) is 0 Å². The van der Waals surface area contributed by atoms with E-state index in [0.29, 0.717) is 41.4 Å². The maximum absolute atomic E-state index is 14.5. The molecule has 0 bridgehead atoms. The molecular weight excluding hydrogens is 461 g/mol. The molecule has 5 rings (SSSR count). The molecule has 0 spiro atoms. The summed E-state index contributed by atoms with van der Waals surface area (Å²) in [6.07, 6.45) is 1.48. The van der Waals surface area contributed by atoms with Gasteiger partial charge in [0.25, 0.3) is 0 Å². The van der Waals surface area contributed by atoms with E-state index in [9.17, 15) is 14.3 Å². The number of rotatable bonds is 7. The number of carboxylic acids is 1. The standard InChI is InChI=1S/C27H24FN5O3/c1-15-4-9-21(28)25-20(15)12-16(2)33(25)11-10-29-23-13-22(30-14-31-23)18-5-7-19(8-6-18)26-24(27(34)35)17(3)32-36-26/h4-9,12-14H,10-11H2,1-3H3,(H,34,35)(H,29,30,31). The van der Waals surface area contributed by atoms with Gasteiger partial charge < -0.3 is 19.5 Å². The lowest BCUT2D eigenvalue weighted by Crippen LogP contribution is -2.13. The molecule has 5 aromatic rings. The van der Waals surface area contributed by atoms with Crippen molar-refractivity contribution in [2.24, 2.45) is 0 Å². The van der Waals surface area contributed by atoms with Gasteiger partial charge in [-0.2, -0.15) is 0 Å². The molecule has 182 valence electrons. The summed E-state index contributed by atoms with van der Waals surface area (Å²) in [6.45, 7) is 6.68. The summed E-state index contributed by atoms with van der Waals surface area (Å²) >= 11 is 0. The highest BCUT2D eigenvalue weighted by molar-refractivity contribution is 5.95. The van der Waals surface area contributed by atoms with Gasteiger partial charge in [0.15, 0.2) is 5.76 Å². The maximum Gasteiger partial charge on any atom is 0.341 e. The number of anilines is 1. The zero-order chi connectivity index (χ0) is 25.4. The molecule has 2 aromatic carbocycles. The number of aromatic nitrogens is 4. The number of nitrogens with zero attached hydrogens (tertiary/aromatic N) is 4. The molecule has 0 aliphatic heterocycles. The van der Waals surface area contributed by atoms with Crippen LogP contribution in [0.4, 0.5) is 10.2 Å². The molecule has 0 amide bonds. The summed E-state index contributed by atoms with van der Waals surface area (Å²) in [6, 6.07) is 14.4. The predicted octanol–water partition coefficient (Wildman–Crippen LogP) is 5.63. The molecule has 0 radical (unpaired) electrons. The van der Waals surface area contributed by atoms with E-state index in [-0.39, 0.29) is 17.1 Å². The Balaban J connectivity index is 1.32. The van der Waals surface area contributed by atoms with Crippen LogP contribution < -0.4 is 5.32 Å². The first-order valence-electron chi connectivity index (χ1n) is 11.4. The number of hydrogen-bond donors (Lipinski definition) is 2. The lowest BCUT2D eigenvalue weighted by Gasteiger charge is -2.11. The molecule has 0 fully saturated rings. The van der Waals surface area contributed by atoms with Crippen LogP contribution in [-0.4, -0.2) is 37.3 Å². The van der Waals surface area contributed by atoms with Gasteiger partial charge in [-0.05, 0) is 38.5 Å². The molecule has 36 heavy (non-hydrogen) atoms. The van der Waals surface area contributed by atoms with E-state index in [1.165, 1.54) is 12.4 Å². The minimum atomic E-state index is -1.08. The summed E-state index contributed by atoms with van der Waals surface area (Å²) in [4.78, 5) is 20.2. The van der Waals surface area contributed by atoms with Gasteiger partial charge in [-0.15, -0.1) is 0 Å². The molecule has 0 atom stereocenters.